The molecule has 2 N–H and O–H groups in total. The van der Waals surface area contributed by atoms with Gasteiger partial charge in [0.25, 0.3) is 0 Å². The molecule has 0 saturated carbocycles. The molecule has 4 nitrogen and oxygen atoms in total. The zero-order valence-corrected chi connectivity index (χ0v) is 8.98. The Hall–Kier alpha value is -1.13. The monoisotopic (exact) mass is 207 g/mol. The molecule has 4 heteroatoms. The van der Waals surface area contributed by atoms with Crippen molar-refractivity contribution in [2.24, 2.45) is 0 Å². The van der Waals surface area contributed by atoms with Gasteiger partial charge in [-0.05, 0) is 25.6 Å². The summed E-state index contributed by atoms with van der Waals surface area (Å²) < 4.78 is 0. The second kappa shape index (κ2) is 4.16. The highest BCUT2D eigenvalue weighted by molar-refractivity contribution is 5.40. The van der Waals surface area contributed by atoms with Gasteiger partial charge in [-0.25, -0.2) is 4.98 Å². The number of anilines is 1. The molecule has 2 rings (SSSR count). The molecule has 1 saturated heterocycles. The molecule has 1 aliphatic heterocycles. The lowest BCUT2D eigenvalue weighted by molar-refractivity contribution is 0.0651. The fraction of sp³-hybridized carbons (Fsp3) is 0.545. The minimum Gasteiger partial charge on any atom is -0.387 e. The van der Waals surface area contributed by atoms with Crippen LogP contribution >= 0.6 is 0 Å². The molecule has 1 aromatic heterocycles. The van der Waals surface area contributed by atoms with Gasteiger partial charge in [0.1, 0.15) is 5.82 Å². The standard InChI is InChI=1S/C11H17N3O/c1-12-8-11(15)5-7-14(9-11)10-4-2-3-6-13-10/h2-4,6,12,15H,5,7-9H2,1H3. The Labute approximate surface area is 89.9 Å². The lowest BCUT2D eigenvalue weighted by Gasteiger charge is -2.23. The maximum Gasteiger partial charge on any atom is 0.128 e. The van der Waals surface area contributed by atoms with Crippen molar-refractivity contribution in [3.63, 3.8) is 0 Å². The van der Waals surface area contributed by atoms with E-state index in [1.807, 2.05) is 25.2 Å². The maximum absolute atomic E-state index is 10.2. The van der Waals surface area contributed by atoms with Crippen LogP contribution < -0.4 is 10.2 Å². The van der Waals surface area contributed by atoms with E-state index >= 15 is 0 Å². The SMILES string of the molecule is CNCC1(O)CCN(c2ccccn2)C1. The van der Waals surface area contributed by atoms with Crippen molar-refractivity contribution in [2.45, 2.75) is 12.0 Å². The highest BCUT2D eigenvalue weighted by Crippen LogP contribution is 2.24. The molecule has 0 radical (unpaired) electrons. The quantitative estimate of drug-likeness (QED) is 0.745. The summed E-state index contributed by atoms with van der Waals surface area (Å²) in [7, 11) is 1.86. The molecular formula is C11H17N3O. The smallest absolute Gasteiger partial charge is 0.128 e. The lowest BCUT2D eigenvalue weighted by Crippen LogP contribution is -2.42. The number of rotatable bonds is 3. The molecule has 1 aliphatic rings. The molecule has 1 aromatic rings. The first-order valence-corrected chi connectivity index (χ1v) is 5.26. The van der Waals surface area contributed by atoms with Crippen LogP contribution in [0.3, 0.4) is 0 Å². The summed E-state index contributed by atoms with van der Waals surface area (Å²) in [5.41, 5.74) is -0.605. The first kappa shape index (κ1) is 10.4. The minimum absolute atomic E-state index is 0.605. The number of nitrogens with zero attached hydrogens (tertiary/aromatic N) is 2. The minimum atomic E-state index is -0.605. The van der Waals surface area contributed by atoms with E-state index in [2.05, 4.69) is 15.2 Å². The summed E-state index contributed by atoms with van der Waals surface area (Å²) in [6.45, 7) is 2.16. The van der Waals surface area contributed by atoms with Crippen LogP contribution in [0.5, 0.6) is 0 Å². The van der Waals surface area contributed by atoms with E-state index in [4.69, 9.17) is 0 Å². The van der Waals surface area contributed by atoms with Crippen molar-refractivity contribution in [2.75, 3.05) is 31.6 Å². The number of aliphatic hydroxyl groups is 1. The van der Waals surface area contributed by atoms with Crippen LogP contribution in [0.2, 0.25) is 0 Å². The number of likely N-dealkylation sites (N-methyl/N-ethyl adjacent to an activating group) is 1. The molecular weight excluding hydrogens is 190 g/mol. The Balaban J connectivity index is 2.04. The van der Waals surface area contributed by atoms with Crippen LogP contribution in [0.15, 0.2) is 24.4 Å². The van der Waals surface area contributed by atoms with Crippen molar-refractivity contribution >= 4 is 5.82 Å². The summed E-state index contributed by atoms with van der Waals surface area (Å²) >= 11 is 0. The molecule has 0 bridgehead atoms. The third-order valence-corrected chi connectivity index (χ3v) is 2.81. The van der Waals surface area contributed by atoms with Crippen LogP contribution in [0.1, 0.15) is 6.42 Å². The number of hydrogen-bond donors (Lipinski definition) is 2. The Bertz CT molecular complexity index is 317. The van der Waals surface area contributed by atoms with Crippen molar-refractivity contribution < 1.29 is 5.11 Å². The zero-order chi connectivity index (χ0) is 10.7. The molecule has 15 heavy (non-hydrogen) atoms. The van der Waals surface area contributed by atoms with Gasteiger partial charge in [-0.1, -0.05) is 6.07 Å². The summed E-state index contributed by atoms with van der Waals surface area (Å²) in [5, 5.41) is 13.2. The van der Waals surface area contributed by atoms with Crippen molar-refractivity contribution in [3.8, 4) is 0 Å². The molecule has 0 amide bonds. The first-order chi connectivity index (χ1) is 7.23. The van der Waals surface area contributed by atoms with Gasteiger partial charge in [-0.15, -0.1) is 0 Å². The molecule has 0 aliphatic carbocycles. The van der Waals surface area contributed by atoms with Gasteiger partial charge in [0.15, 0.2) is 0 Å². The predicted octanol–water partition coefficient (Wildman–Crippen LogP) is 0.242. The van der Waals surface area contributed by atoms with Gasteiger partial charge < -0.3 is 15.3 Å². The van der Waals surface area contributed by atoms with Gasteiger partial charge >= 0.3 is 0 Å². The van der Waals surface area contributed by atoms with E-state index in [1.54, 1.807) is 6.20 Å². The summed E-state index contributed by atoms with van der Waals surface area (Å²) in [6, 6.07) is 5.85. The molecule has 2 heterocycles. The number of aromatic nitrogens is 1. The Kier molecular flexibility index (Phi) is 2.88. The van der Waals surface area contributed by atoms with Crippen LogP contribution in [-0.4, -0.2) is 42.4 Å². The van der Waals surface area contributed by atoms with Crippen molar-refractivity contribution in [3.05, 3.63) is 24.4 Å². The largest absolute Gasteiger partial charge is 0.387 e. The molecule has 1 atom stereocenters. The average Bonchev–Trinajstić information content (AvgIpc) is 2.63. The number of nitrogens with one attached hydrogen (secondary N) is 1. The van der Waals surface area contributed by atoms with Crippen LogP contribution in [0, 0.1) is 0 Å². The summed E-state index contributed by atoms with van der Waals surface area (Å²) in [5.74, 6) is 0.949. The Morgan fingerprint density at radius 1 is 1.60 bits per heavy atom. The van der Waals surface area contributed by atoms with Gasteiger partial charge in [-0.3, -0.25) is 0 Å². The maximum atomic E-state index is 10.2. The van der Waals surface area contributed by atoms with E-state index < -0.39 is 5.60 Å². The van der Waals surface area contributed by atoms with E-state index in [9.17, 15) is 5.11 Å². The van der Waals surface area contributed by atoms with Gasteiger partial charge in [0.2, 0.25) is 0 Å². The average molecular weight is 207 g/mol. The summed E-state index contributed by atoms with van der Waals surface area (Å²) in [6.07, 6.45) is 2.58. The molecule has 0 spiro atoms. The Morgan fingerprint density at radius 2 is 2.47 bits per heavy atom. The highest BCUT2D eigenvalue weighted by atomic mass is 16.3. The zero-order valence-electron chi connectivity index (χ0n) is 8.98. The fourth-order valence-corrected chi connectivity index (χ4v) is 2.07. The topological polar surface area (TPSA) is 48.4 Å². The van der Waals surface area contributed by atoms with E-state index in [0.717, 1.165) is 18.8 Å². The first-order valence-electron chi connectivity index (χ1n) is 5.26. The number of hydrogen-bond acceptors (Lipinski definition) is 4. The number of β-amino-alcohol motifs (C(OH)–C–C–N with tert-alkyl or cyclic N) is 1. The third-order valence-electron chi connectivity index (χ3n) is 2.81. The third kappa shape index (κ3) is 2.27. The predicted molar refractivity (Wildman–Crippen MR) is 59.9 cm³/mol. The van der Waals surface area contributed by atoms with E-state index in [0.29, 0.717) is 13.1 Å². The summed E-state index contributed by atoms with van der Waals surface area (Å²) in [4.78, 5) is 6.40. The number of pyridine rings is 1. The molecule has 1 fully saturated rings. The fourth-order valence-electron chi connectivity index (χ4n) is 2.07. The Morgan fingerprint density at radius 3 is 3.13 bits per heavy atom. The molecule has 1 unspecified atom stereocenters. The van der Waals surface area contributed by atoms with E-state index in [1.165, 1.54) is 0 Å². The van der Waals surface area contributed by atoms with Crippen LogP contribution in [0.4, 0.5) is 5.82 Å². The second-order valence-electron chi connectivity index (χ2n) is 4.11. The molecule has 82 valence electrons. The van der Waals surface area contributed by atoms with Crippen molar-refractivity contribution in [1.82, 2.24) is 10.3 Å². The van der Waals surface area contributed by atoms with Crippen LogP contribution in [-0.2, 0) is 0 Å². The normalized spacial score (nSPS) is 25.9. The lowest BCUT2D eigenvalue weighted by atomic mass is 10.0. The molecule has 0 aromatic carbocycles. The van der Waals surface area contributed by atoms with Crippen LogP contribution in [0.25, 0.3) is 0 Å². The van der Waals surface area contributed by atoms with Gasteiger partial charge in [0.05, 0.1) is 5.60 Å². The highest BCUT2D eigenvalue weighted by Gasteiger charge is 2.35. The van der Waals surface area contributed by atoms with Gasteiger partial charge in [0, 0.05) is 25.8 Å². The van der Waals surface area contributed by atoms with E-state index in [-0.39, 0.29) is 0 Å². The second-order valence-corrected chi connectivity index (χ2v) is 4.11. The van der Waals surface area contributed by atoms with Crippen molar-refractivity contribution in [1.29, 1.82) is 0 Å². The van der Waals surface area contributed by atoms with Gasteiger partial charge in [-0.2, -0.15) is 0 Å².